The molecule has 0 amide bonds. The molecule has 2 unspecified atom stereocenters. The zero-order chi connectivity index (χ0) is 14.0. The van der Waals surface area contributed by atoms with Gasteiger partial charge in [-0.1, -0.05) is 40.5 Å². The van der Waals surface area contributed by atoms with Gasteiger partial charge in [-0.25, -0.2) is 0 Å². The van der Waals surface area contributed by atoms with E-state index in [4.69, 9.17) is 0 Å². The van der Waals surface area contributed by atoms with Crippen LogP contribution in [0.3, 0.4) is 0 Å². The van der Waals surface area contributed by atoms with E-state index in [0.29, 0.717) is 5.54 Å². The third kappa shape index (κ3) is 3.52. The quantitative estimate of drug-likeness (QED) is 0.835. The van der Waals surface area contributed by atoms with Crippen molar-refractivity contribution in [3.63, 3.8) is 0 Å². The Hall–Kier alpha value is -0.0800. The van der Waals surface area contributed by atoms with Crippen LogP contribution in [0.2, 0.25) is 0 Å². The van der Waals surface area contributed by atoms with Crippen molar-refractivity contribution >= 4 is 0 Å². The molecule has 2 nitrogen and oxygen atoms in total. The number of hydrogen-bond donors (Lipinski definition) is 1. The molecule has 0 bridgehead atoms. The second-order valence-corrected chi connectivity index (χ2v) is 7.83. The molecule has 1 heterocycles. The normalized spacial score (nSPS) is 29.5. The lowest BCUT2D eigenvalue weighted by atomic mass is 9.87. The highest BCUT2D eigenvalue weighted by atomic mass is 15.3. The highest BCUT2D eigenvalue weighted by Gasteiger charge is 2.42. The summed E-state index contributed by atoms with van der Waals surface area (Å²) in [6.07, 6.45) is 6.96. The Morgan fingerprint density at radius 1 is 1.11 bits per heavy atom. The molecular formula is C17H34N2. The molecule has 1 aliphatic carbocycles. The summed E-state index contributed by atoms with van der Waals surface area (Å²) in [7, 11) is 0. The van der Waals surface area contributed by atoms with Gasteiger partial charge in [0.15, 0.2) is 0 Å². The standard InChI is InChI=1S/C17H34N2/c1-13(2)10-15(5)19-12-17(8-6-7-9-17)18-11-16(19)14(3)4/h13-16,18H,6-12H2,1-5H3. The minimum absolute atomic E-state index is 0.455. The summed E-state index contributed by atoms with van der Waals surface area (Å²) < 4.78 is 0. The molecule has 1 spiro atoms. The predicted molar refractivity (Wildman–Crippen MR) is 83.5 cm³/mol. The Morgan fingerprint density at radius 3 is 2.26 bits per heavy atom. The van der Waals surface area contributed by atoms with Crippen molar-refractivity contribution in [1.82, 2.24) is 10.2 Å². The van der Waals surface area contributed by atoms with Crippen LogP contribution in [0.1, 0.15) is 66.7 Å². The van der Waals surface area contributed by atoms with Crippen molar-refractivity contribution < 1.29 is 0 Å². The second-order valence-electron chi connectivity index (χ2n) is 7.83. The Balaban J connectivity index is 2.08. The fourth-order valence-electron chi connectivity index (χ4n) is 4.27. The van der Waals surface area contributed by atoms with Gasteiger partial charge in [0.2, 0.25) is 0 Å². The maximum absolute atomic E-state index is 3.92. The van der Waals surface area contributed by atoms with Gasteiger partial charge in [0.25, 0.3) is 0 Å². The van der Waals surface area contributed by atoms with E-state index in [0.717, 1.165) is 23.9 Å². The van der Waals surface area contributed by atoms with Gasteiger partial charge in [0.05, 0.1) is 0 Å². The lowest BCUT2D eigenvalue weighted by molar-refractivity contribution is 0.0210. The van der Waals surface area contributed by atoms with E-state index < -0.39 is 0 Å². The zero-order valence-corrected chi connectivity index (χ0v) is 13.7. The molecule has 2 aliphatic rings. The minimum Gasteiger partial charge on any atom is -0.308 e. The number of nitrogens with zero attached hydrogens (tertiary/aromatic N) is 1. The summed E-state index contributed by atoms with van der Waals surface area (Å²) in [6.45, 7) is 14.4. The van der Waals surface area contributed by atoms with Crippen LogP contribution in [-0.2, 0) is 0 Å². The Labute approximate surface area is 120 Å². The first-order chi connectivity index (χ1) is 8.93. The molecule has 2 rings (SSSR count). The maximum atomic E-state index is 3.92. The molecule has 2 atom stereocenters. The van der Waals surface area contributed by atoms with E-state index in [1.54, 1.807) is 0 Å². The number of rotatable bonds is 4. The molecule has 0 aromatic carbocycles. The first-order valence-electron chi connectivity index (χ1n) is 8.44. The Kier molecular flexibility index (Phi) is 4.94. The van der Waals surface area contributed by atoms with Crippen molar-refractivity contribution in [1.29, 1.82) is 0 Å². The predicted octanol–water partition coefficient (Wildman–Crippen LogP) is 3.66. The average Bonchev–Trinajstić information content (AvgIpc) is 2.76. The van der Waals surface area contributed by atoms with E-state index in [1.165, 1.54) is 45.2 Å². The molecule has 0 radical (unpaired) electrons. The lowest BCUT2D eigenvalue weighted by Crippen LogP contribution is -2.66. The molecule has 0 aromatic heterocycles. The minimum atomic E-state index is 0.455. The highest BCUT2D eigenvalue weighted by molar-refractivity contribution is 5.02. The molecule has 1 N–H and O–H groups in total. The zero-order valence-electron chi connectivity index (χ0n) is 13.7. The molecule has 2 heteroatoms. The van der Waals surface area contributed by atoms with Crippen molar-refractivity contribution in [2.75, 3.05) is 13.1 Å². The summed E-state index contributed by atoms with van der Waals surface area (Å²) in [4.78, 5) is 2.84. The smallest absolute Gasteiger partial charge is 0.0309 e. The first-order valence-corrected chi connectivity index (χ1v) is 8.44. The van der Waals surface area contributed by atoms with Crippen molar-refractivity contribution in [3.05, 3.63) is 0 Å². The van der Waals surface area contributed by atoms with Crippen molar-refractivity contribution in [2.24, 2.45) is 11.8 Å². The summed E-state index contributed by atoms with van der Waals surface area (Å²) in [5, 5.41) is 3.92. The van der Waals surface area contributed by atoms with Gasteiger partial charge in [-0.15, -0.1) is 0 Å². The lowest BCUT2D eigenvalue weighted by Gasteiger charge is -2.50. The van der Waals surface area contributed by atoms with Crippen LogP contribution in [0.5, 0.6) is 0 Å². The molecule has 1 saturated carbocycles. The second kappa shape index (κ2) is 6.13. The third-order valence-corrected chi connectivity index (χ3v) is 5.31. The van der Waals surface area contributed by atoms with Crippen LogP contribution >= 0.6 is 0 Å². The number of hydrogen-bond acceptors (Lipinski definition) is 2. The topological polar surface area (TPSA) is 15.3 Å². The Morgan fingerprint density at radius 2 is 1.74 bits per heavy atom. The monoisotopic (exact) mass is 266 g/mol. The summed E-state index contributed by atoms with van der Waals surface area (Å²) >= 11 is 0. The molecule has 2 fully saturated rings. The summed E-state index contributed by atoms with van der Waals surface area (Å²) in [6, 6.07) is 1.45. The van der Waals surface area contributed by atoms with Gasteiger partial charge in [-0.3, -0.25) is 4.90 Å². The van der Waals surface area contributed by atoms with Gasteiger partial charge >= 0.3 is 0 Å². The molecule has 112 valence electrons. The van der Waals surface area contributed by atoms with Crippen LogP contribution in [0.4, 0.5) is 0 Å². The first kappa shape index (κ1) is 15.3. The molecule has 19 heavy (non-hydrogen) atoms. The van der Waals surface area contributed by atoms with Gasteiger partial charge in [0, 0.05) is 30.7 Å². The highest BCUT2D eigenvalue weighted by Crippen LogP contribution is 2.35. The van der Waals surface area contributed by atoms with Crippen LogP contribution in [0, 0.1) is 11.8 Å². The average molecular weight is 266 g/mol. The van der Waals surface area contributed by atoms with Gasteiger partial charge in [-0.2, -0.15) is 0 Å². The fourth-order valence-corrected chi connectivity index (χ4v) is 4.27. The van der Waals surface area contributed by atoms with Crippen LogP contribution in [0.15, 0.2) is 0 Å². The molecule has 1 saturated heterocycles. The van der Waals surface area contributed by atoms with Crippen molar-refractivity contribution in [2.45, 2.75) is 84.3 Å². The number of piperazine rings is 1. The third-order valence-electron chi connectivity index (χ3n) is 5.31. The van der Waals surface area contributed by atoms with E-state index >= 15 is 0 Å². The number of nitrogens with one attached hydrogen (secondary N) is 1. The SMILES string of the molecule is CC(C)CC(C)N1CC2(CCCC2)NCC1C(C)C. The van der Waals surface area contributed by atoms with Crippen LogP contribution in [0.25, 0.3) is 0 Å². The van der Waals surface area contributed by atoms with Crippen molar-refractivity contribution in [3.8, 4) is 0 Å². The summed E-state index contributed by atoms with van der Waals surface area (Å²) in [5.41, 5.74) is 0.455. The van der Waals surface area contributed by atoms with Gasteiger partial charge < -0.3 is 5.32 Å². The van der Waals surface area contributed by atoms with E-state index in [1.807, 2.05) is 0 Å². The van der Waals surface area contributed by atoms with Gasteiger partial charge in [0.1, 0.15) is 0 Å². The molecule has 1 aliphatic heterocycles. The maximum Gasteiger partial charge on any atom is 0.0309 e. The van der Waals surface area contributed by atoms with E-state index in [9.17, 15) is 0 Å². The molecule has 0 aromatic rings. The van der Waals surface area contributed by atoms with E-state index in [2.05, 4.69) is 44.8 Å². The summed E-state index contributed by atoms with van der Waals surface area (Å²) in [5.74, 6) is 1.55. The fraction of sp³-hybridized carbons (Fsp3) is 1.00. The van der Waals surface area contributed by atoms with Gasteiger partial charge in [-0.05, 0) is 38.0 Å². The van der Waals surface area contributed by atoms with Crippen LogP contribution in [-0.4, -0.2) is 35.6 Å². The van der Waals surface area contributed by atoms with E-state index in [-0.39, 0.29) is 0 Å². The molecular weight excluding hydrogens is 232 g/mol. The largest absolute Gasteiger partial charge is 0.308 e. The Bertz CT molecular complexity index is 279. The van der Waals surface area contributed by atoms with Crippen LogP contribution < -0.4 is 5.32 Å².